The van der Waals surface area contributed by atoms with E-state index in [9.17, 15) is 14.0 Å². The second-order valence-electron chi connectivity index (χ2n) is 7.09. The van der Waals surface area contributed by atoms with Gasteiger partial charge in [-0.05, 0) is 30.2 Å². The zero-order valence-electron chi connectivity index (χ0n) is 16.1. The summed E-state index contributed by atoms with van der Waals surface area (Å²) in [5.41, 5.74) is 3.55. The number of nitrogens with zero attached hydrogens (tertiary/aromatic N) is 3. The van der Waals surface area contributed by atoms with E-state index in [1.165, 1.54) is 5.57 Å². The summed E-state index contributed by atoms with van der Waals surface area (Å²) in [6.45, 7) is 3.48. The van der Waals surface area contributed by atoms with Crippen LogP contribution in [-0.2, 0) is 6.54 Å². The van der Waals surface area contributed by atoms with Crippen molar-refractivity contribution in [2.24, 2.45) is 0 Å². The molecule has 0 radical (unpaired) electrons. The molecular formula is C21H20FN5O2. The maximum atomic E-state index is 14.8. The number of rotatable bonds is 4. The molecule has 1 aliphatic rings. The van der Waals surface area contributed by atoms with Gasteiger partial charge in [0.2, 0.25) is 0 Å². The smallest absolute Gasteiger partial charge is 0.269 e. The van der Waals surface area contributed by atoms with Crippen LogP contribution >= 0.6 is 0 Å². The van der Waals surface area contributed by atoms with E-state index in [1.54, 1.807) is 38.4 Å². The van der Waals surface area contributed by atoms with Crippen LogP contribution in [0.5, 0.6) is 0 Å². The molecule has 8 heteroatoms. The third kappa shape index (κ3) is 3.79. The molecule has 0 spiro atoms. The minimum absolute atomic E-state index is 0.150. The van der Waals surface area contributed by atoms with E-state index in [2.05, 4.69) is 25.2 Å². The Morgan fingerprint density at radius 2 is 2.10 bits per heavy atom. The van der Waals surface area contributed by atoms with Gasteiger partial charge in [0, 0.05) is 38.4 Å². The highest BCUT2D eigenvalue weighted by Gasteiger charge is 2.22. The number of hydrogen-bond donors (Lipinski definition) is 2. The number of halogens is 1. The largest absolute Gasteiger partial charge is 0.354 e. The van der Waals surface area contributed by atoms with Crippen molar-refractivity contribution in [3.8, 4) is 0 Å². The fourth-order valence-corrected chi connectivity index (χ4v) is 3.34. The van der Waals surface area contributed by atoms with Crippen molar-refractivity contribution in [3.63, 3.8) is 0 Å². The summed E-state index contributed by atoms with van der Waals surface area (Å²) in [5, 5.41) is 2.54. The van der Waals surface area contributed by atoms with Gasteiger partial charge in [-0.2, -0.15) is 0 Å². The van der Waals surface area contributed by atoms with Gasteiger partial charge in [-0.3, -0.25) is 19.5 Å². The molecule has 1 aromatic carbocycles. The summed E-state index contributed by atoms with van der Waals surface area (Å²) >= 11 is 0. The van der Waals surface area contributed by atoms with Crippen molar-refractivity contribution >= 4 is 23.0 Å². The highest BCUT2D eigenvalue weighted by Crippen LogP contribution is 2.24. The standard InChI is InChI=1S/C21H20FN5O2/c1-12-20(28)26-19-16(25-12)6-4-15(18(19)22)11-27-9-14(10-27)7-13-3-5-17(24-8-13)21(29)23-2/h3-8H,9-11H2,1-2H3,(H,23,29)(H,26,28). The third-order valence-electron chi connectivity index (χ3n) is 4.92. The number of carbonyl (C=O) groups excluding carboxylic acids is 1. The fraction of sp³-hybridized carbons (Fsp3) is 0.238. The number of hydrogen-bond acceptors (Lipinski definition) is 5. The van der Waals surface area contributed by atoms with Crippen molar-refractivity contribution in [3.05, 3.63) is 74.7 Å². The molecule has 0 unspecified atom stereocenters. The molecule has 0 saturated carbocycles. The van der Waals surface area contributed by atoms with E-state index >= 15 is 0 Å². The minimum Gasteiger partial charge on any atom is -0.354 e. The number of benzene rings is 1. The molecule has 1 amide bonds. The number of amides is 1. The fourth-order valence-electron chi connectivity index (χ4n) is 3.34. The Bertz CT molecular complexity index is 1180. The Balaban J connectivity index is 1.43. The highest BCUT2D eigenvalue weighted by molar-refractivity contribution is 5.92. The topological polar surface area (TPSA) is 91.0 Å². The van der Waals surface area contributed by atoms with E-state index in [-0.39, 0.29) is 17.0 Å². The van der Waals surface area contributed by atoms with Crippen LogP contribution in [-0.4, -0.2) is 45.9 Å². The lowest BCUT2D eigenvalue weighted by molar-refractivity contribution is 0.0958. The summed E-state index contributed by atoms with van der Waals surface area (Å²) in [6, 6.07) is 6.97. The molecule has 0 aliphatic carbocycles. The van der Waals surface area contributed by atoms with E-state index in [4.69, 9.17) is 0 Å². The number of aromatic amines is 1. The Kier molecular flexibility index (Phi) is 4.94. The lowest BCUT2D eigenvalue weighted by Gasteiger charge is -2.34. The number of aryl methyl sites for hydroxylation is 1. The number of H-pyrrole nitrogens is 1. The Morgan fingerprint density at radius 3 is 2.79 bits per heavy atom. The van der Waals surface area contributed by atoms with Gasteiger partial charge >= 0.3 is 0 Å². The lowest BCUT2D eigenvalue weighted by Crippen LogP contribution is -2.39. The second-order valence-corrected chi connectivity index (χ2v) is 7.09. The van der Waals surface area contributed by atoms with Gasteiger partial charge in [-0.25, -0.2) is 9.37 Å². The van der Waals surface area contributed by atoms with Crippen LogP contribution in [0.15, 0.2) is 40.8 Å². The van der Waals surface area contributed by atoms with Crippen molar-refractivity contribution < 1.29 is 9.18 Å². The zero-order chi connectivity index (χ0) is 20.5. The molecule has 2 N–H and O–H groups in total. The van der Waals surface area contributed by atoms with Crippen LogP contribution in [0, 0.1) is 12.7 Å². The molecule has 3 heterocycles. The number of pyridine rings is 1. The number of carbonyl (C=O) groups is 1. The molecule has 148 valence electrons. The quantitative estimate of drug-likeness (QED) is 0.708. The van der Waals surface area contributed by atoms with Crippen LogP contribution in [0.2, 0.25) is 0 Å². The first-order valence-corrected chi connectivity index (χ1v) is 9.22. The van der Waals surface area contributed by atoms with E-state index in [1.807, 2.05) is 12.1 Å². The second kappa shape index (κ2) is 7.56. The Hall–Kier alpha value is -3.39. The van der Waals surface area contributed by atoms with Crippen LogP contribution in [0.4, 0.5) is 4.39 Å². The zero-order valence-corrected chi connectivity index (χ0v) is 16.1. The summed E-state index contributed by atoms with van der Waals surface area (Å²) in [7, 11) is 1.57. The molecule has 1 saturated heterocycles. The van der Waals surface area contributed by atoms with Gasteiger partial charge in [0.15, 0.2) is 5.82 Å². The van der Waals surface area contributed by atoms with Crippen LogP contribution in [0.25, 0.3) is 17.1 Å². The predicted octanol–water partition coefficient (Wildman–Crippen LogP) is 2.02. The summed E-state index contributed by atoms with van der Waals surface area (Å²) in [5.74, 6) is -0.651. The number of aromatic nitrogens is 3. The molecule has 0 atom stereocenters. The SMILES string of the molecule is CNC(=O)c1ccc(C=C2CN(Cc3ccc4nc(C)c(=O)[nH]c4c3F)C2)cn1. The number of likely N-dealkylation sites (tertiary alicyclic amines) is 1. The monoisotopic (exact) mass is 393 g/mol. The normalized spacial score (nSPS) is 14.0. The van der Waals surface area contributed by atoms with Crippen molar-refractivity contribution in [2.45, 2.75) is 13.5 Å². The van der Waals surface area contributed by atoms with Gasteiger partial charge in [-0.1, -0.05) is 18.2 Å². The van der Waals surface area contributed by atoms with Gasteiger partial charge in [0.25, 0.3) is 11.5 Å². The van der Waals surface area contributed by atoms with E-state index < -0.39 is 5.82 Å². The minimum atomic E-state index is -0.432. The van der Waals surface area contributed by atoms with Gasteiger partial charge in [-0.15, -0.1) is 0 Å². The van der Waals surface area contributed by atoms with Crippen LogP contribution in [0.1, 0.15) is 27.3 Å². The average Bonchev–Trinajstić information content (AvgIpc) is 2.69. The Labute approximate surface area is 166 Å². The molecule has 0 bridgehead atoms. The maximum Gasteiger partial charge on any atom is 0.269 e. The van der Waals surface area contributed by atoms with Gasteiger partial charge in [0.05, 0.1) is 5.52 Å². The van der Waals surface area contributed by atoms with E-state index in [0.717, 1.165) is 18.7 Å². The molecule has 4 rings (SSSR count). The molecular weight excluding hydrogens is 373 g/mol. The van der Waals surface area contributed by atoms with Crippen LogP contribution in [0.3, 0.4) is 0 Å². The number of fused-ring (bicyclic) bond motifs is 1. The van der Waals surface area contributed by atoms with Crippen molar-refractivity contribution in [1.82, 2.24) is 25.2 Å². The first-order valence-electron chi connectivity index (χ1n) is 9.22. The first-order chi connectivity index (χ1) is 13.9. The van der Waals surface area contributed by atoms with Gasteiger partial charge in [0.1, 0.15) is 16.9 Å². The molecule has 1 fully saturated rings. The lowest BCUT2D eigenvalue weighted by atomic mass is 10.0. The third-order valence-corrected chi connectivity index (χ3v) is 4.92. The van der Waals surface area contributed by atoms with Gasteiger partial charge < -0.3 is 10.3 Å². The maximum absolute atomic E-state index is 14.8. The highest BCUT2D eigenvalue weighted by atomic mass is 19.1. The summed E-state index contributed by atoms with van der Waals surface area (Å²) in [4.78, 5) is 36.2. The molecule has 2 aromatic heterocycles. The molecule has 3 aromatic rings. The number of nitrogens with one attached hydrogen (secondary N) is 2. The van der Waals surface area contributed by atoms with Crippen molar-refractivity contribution in [2.75, 3.05) is 20.1 Å². The molecule has 1 aliphatic heterocycles. The summed E-state index contributed by atoms with van der Waals surface area (Å²) < 4.78 is 14.8. The predicted molar refractivity (Wildman–Crippen MR) is 108 cm³/mol. The van der Waals surface area contributed by atoms with E-state index in [0.29, 0.717) is 29.0 Å². The van der Waals surface area contributed by atoms with Crippen molar-refractivity contribution in [1.29, 1.82) is 0 Å². The molecule has 29 heavy (non-hydrogen) atoms. The average molecular weight is 393 g/mol. The molecule has 7 nitrogen and oxygen atoms in total. The Morgan fingerprint density at radius 1 is 1.31 bits per heavy atom. The van der Waals surface area contributed by atoms with Crippen LogP contribution < -0.4 is 10.9 Å². The first kappa shape index (κ1) is 18.9. The summed E-state index contributed by atoms with van der Waals surface area (Å²) in [6.07, 6.45) is 3.69.